The molecular formula is C14H18OTi. The molecule has 2 heteroatoms. The van der Waals surface area contributed by atoms with Crippen molar-refractivity contribution in [2.75, 3.05) is 7.11 Å². The molecule has 0 spiro atoms. The summed E-state index contributed by atoms with van der Waals surface area (Å²) in [6.07, 6.45) is 17.9. The molecule has 2 aliphatic rings. The van der Waals surface area contributed by atoms with Gasteiger partial charge in [0, 0.05) is 0 Å². The number of hydrogen-bond donors (Lipinski definition) is 0. The third-order valence-electron chi connectivity index (χ3n) is 3.52. The second-order valence-corrected chi connectivity index (χ2v) is 6.83. The van der Waals surface area contributed by atoms with E-state index in [2.05, 4.69) is 62.5 Å². The standard InChI is InChI=1S/C13H15.CH3O.Ti/c1-12(7-3-4-8-12)11-13(2)9-5-6-10-13;1-2;/h3-11H,1-2H3;1H3;/q;-1;+1. The molecule has 0 saturated carbocycles. The quantitative estimate of drug-likeness (QED) is 0.691. The third kappa shape index (κ3) is 2.04. The van der Waals surface area contributed by atoms with Crippen molar-refractivity contribution in [2.45, 2.75) is 18.1 Å². The van der Waals surface area contributed by atoms with Crippen LogP contribution in [-0.4, -0.2) is 7.11 Å². The Balaban J connectivity index is 2.30. The molecule has 0 atom stereocenters. The van der Waals surface area contributed by atoms with Gasteiger partial charge in [-0.15, -0.1) is 0 Å². The minimum absolute atomic E-state index is 0.157. The topological polar surface area (TPSA) is 9.23 Å². The van der Waals surface area contributed by atoms with Crippen molar-refractivity contribution >= 4 is 0 Å². The molecule has 0 aromatic rings. The van der Waals surface area contributed by atoms with Gasteiger partial charge >= 0.3 is 107 Å². The monoisotopic (exact) mass is 250 g/mol. The molecule has 16 heavy (non-hydrogen) atoms. The van der Waals surface area contributed by atoms with Gasteiger partial charge in [0.25, 0.3) is 0 Å². The van der Waals surface area contributed by atoms with Crippen LogP contribution in [0.2, 0.25) is 4.22 Å². The van der Waals surface area contributed by atoms with Crippen molar-refractivity contribution in [1.82, 2.24) is 0 Å². The van der Waals surface area contributed by atoms with E-state index in [1.807, 2.05) is 7.11 Å². The maximum absolute atomic E-state index is 5.55. The van der Waals surface area contributed by atoms with Gasteiger partial charge in [0.15, 0.2) is 0 Å². The normalized spacial score (nSPS) is 23.5. The molecule has 0 fully saturated rings. The van der Waals surface area contributed by atoms with E-state index in [4.69, 9.17) is 3.32 Å². The molecule has 0 saturated heterocycles. The molecule has 1 nitrogen and oxygen atoms in total. The third-order valence-corrected chi connectivity index (χ3v) is 6.20. The van der Waals surface area contributed by atoms with E-state index >= 15 is 0 Å². The van der Waals surface area contributed by atoms with Crippen LogP contribution in [-0.2, 0) is 22.9 Å². The Hall–Kier alpha value is -0.366. The average Bonchev–Trinajstić information content (AvgIpc) is 2.85. The molecule has 84 valence electrons. The Bertz CT molecular complexity index is 318. The van der Waals surface area contributed by atoms with E-state index in [0.717, 1.165) is 0 Å². The van der Waals surface area contributed by atoms with Crippen molar-refractivity contribution in [3.8, 4) is 0 Å². The number of rotatable bonds is 4. The summed E-state index contributed by atoms with van der Waals surface area (Å²) in [4.78, 5) is 0. The van der Waals surface area contributed by atoms with E-state index in [1.165, 1.54) is 0 Å². The van der Waals surface area contributed by atoms with Crippen molar-refractivity contribution in [3.63, 3.8) is 0 Å². The van der Waals surface area contributed by atoms with Gasteiger partial charge in [-0.05, 0) is 0 Å². The van der Waals surface area contributed by atoms with E-state index in [1.54, 1.807) is 0 Å². The van der Waals surface area contributed by atoms with Crippen LogP contribution >= 0.6 is 0 Å². The van der Waals surface area contributed by atoms with Crippen LogP contribution < -0.4 is 0 Å². The fraction of sp³-hybridized carbons (Fsp3) is 0.429. The van der Waals surface area contributed by atoms with Crippen molar-refractivity contribution in [1.29, 1.82) is 0 Å². The summed E-state index contributed by atoms with van der Waals surface area (Å²) in [5.74, 6) is 0. The summed E-state index contributed by atoms with van der Waals surface area (Å²) in [5, 5.41) is 0. The number of hydrogen-bond acceptors (Lipinski definition) is 1. The van der Waals surface area contributed by atoms with Gasteiger partial charge in [-0.2, -0.15) is 0 Å². The summed E-state index contributed by atoms with van der Waals surface area (Å²) in [7, 11) is 1.84. The Morgan fingerprint density at radius 1 is 0.875 bits per heavy atom. The van der Waals surface area contributed by atoms with Crippen molar-refractivity contribution in [2.24, 2.45) is 10.8 Å². The van der Waals surface area contributed by atoms with Gasteiger partial charge in [-0.25, -0.2) is 0 Å². The van der Waals surface area contributed by atoms with Gasteiger partial charge in [0.1, 0.15) is 0 Å². The fourth-order valence-corrected chi connectivity index (χ4v) is 4.35. The van der Waals surface area contributed by atoms with Crippen LogP contribution in [0.15, 0.2) is 48.6 Å². The summed E-state index contributed by atoms with van der Waals surface area (Å²) in [6, 6.07) is 0. The first kappa shape index (κ1) is 12.1. The van der Waals surface area contributed by atoms with Gasteiger partial charge in [0.2, 0.25) is 0 Å². The summed E-state index contributed by atoms with van der Waals surface area (Å²) in [5.41, 5.74) is 0.313. The van der Waals surface area contributed by atoms with Crippen LogP contribution in [0, 0.1) is 10.8 Å². The molecule has 0 bridgehead atoms. The summed E-state index contributed by atoms with van der Waals surface area (Å²) >= 11 is -0.410. The molecule has 0 aliphatic heterocycles. The van der Waals surface area contributed by atoms with Crippen LogP contribution in [0.25, 0.3) is 0 Å². The minimum atomic E-state index is -0.410. The first-order chi connectivity index (χ1) is 7.61. The predicted octanol–water partition coefficient (Wildman–Crippen LogP) is 3.68. The van der Waals surface area contributed by atoms with Gasteiger partial charge < -0.3 is 0 Å². The zero-order valence-electron chi connectivity index (χ0n) is 10.1. The molecule has 2 aliphatic carbocycles. The zero-order valence-corrected chi connectivity index (χ0v) is 11.7. The Morgan fingerprint density at radius 3 is 1.56 bits per heavy atom. The first-order valence-electron chi connectivity index (χ1n) is 5.63. The molecule has 0 heterocycles. The molecular weight excluding hydrogens is 232 g/mol. The second kappa shape index (κ2) is 4.48. The van der Waals surface area contributed by atoms with Crippen molar-refractivity contribution in [3.05, 3.63) is 48.6 Å². The van der Waals surface area contributed by atoms with Crippen LogP contribution in [0.3, 0.4) is 0 Å². The summed E-state index contributed by atoms with van der Waals surface area (Å²) in [6.45, 7) is 4.62. The Kier molecular flexibility index (Phi) is 3.39. The molecule has 0 N–H and O–H groups in total. The first-order valence-corrected chi connectivity index (χ1v) is 7.17. The fourth-order valence-electron chi connectivity index (χ4n) is 2.59. The molecule has 0 amide bonds. The molecule has 0 unspecified atom stereocenters. The van der Waals surface area contributed by atoms with E-state index < -0.39 is 19.5 Å². The molecule has 0 aromatic heterocycles. The van der Waals surface area contributed by atoms with Crippen molar-refractivity contribution < 1.29 is 22.9 Å². The molecule has 0 aromatic carbocycles. The van der Waals surface area contributed by atoms with Crippen LogP contribution in [0.1, 0.15) is 13.8 Å². The second-order valence-electron chi connectivity index (χ2n) is 4.92. The van der Waals surface area contributed by atoms with E-state index in [0.29, 0.717) is 4.22 Å². The zero-order chi connectivity index (χ0) is 11.6. The van der Waals surface area contributed by atoms with Gasteiger partial charge in [-0.3, -0.25) is 0 Å². The SMILES string of the molecule is C[O][Ti][CH](C1(C)C=CC=C1)C1(C)C=CC=C1. The maximum atomic E-state index is 5.55. The average molecular weight is 250 g/mol. The number of allylic oxidation sites excluding steroid dienone is 8. The predicted molar refractivity (Wildman–Crippen MR) is 63.5 cm³/mol. The Labute approximate surface area is 107 Å². The van der Waals surface area contributed by atoms with Gasteiger partial charge in [0.05, 0.1) is 0 Å². The van der Waals surface area contributed by atoms with Gasteiger partial charge in [-0.1, -0.05) is 0 Å². The van der Waals surface area contributed by atoms with E-state index in [9.17, 15) is 0 Å². The van der Waals surface area contributed by atoms with Crippen LogP contribution in [0.4, 0.5) is 0 Å². The Morgan fingerprint density at radius 2 is 1.25 bits per heavy atom. The van der Waals surface area contributed by atoms with E-state index in [-0.39, 0.29) is 10.8 Å². The van der Waals surface area contributed by atoms with Crippen LogP contribution in [0.5, 0.6) is 0 Å². The molecule has 0 radical (unpaired) electrons. The summed E-state index contributed by atoms with van der Waals surface area (Å²) < 4.78 is 6.11. The molecule has 2 rings (SSSR count).